The monoisotopic (exact) mass is 428 g/mol. The van der Waals surface area contributed by atoms with E-state index in [0.717, 1.165) is 5.56 Å². The first-order valence-corrected chi connectivity index (χ1v) is 10.4. The number of rotatable bonds is 8. The van der Waals surface area contributed by atoms with Crippen LogP contribution < -0.4 is 10.6 Å². The summed E-state index contributed by atoms with van der Waals surface area (Å²) in [6.45, 7) is 6.01. The Hall–Kier alpha value is -2.91. The van der Waals surface area contributed by atoms with Crippen molar-refractivity contribution in [3.63, 3.8) is 0 Å². The number of ether oxygens (including phenoxy) is 1. The topological polar surface area (TPSA) is 106 Å². The predicted molar refractivity (Wildman–Crippen MR) is 116 cm³/mol. The molecule has 0 spiro atoms. The summed E-state index contributed by atoms with van der Waals surface area (Å²) < 4.78 is 10.8. The third-order valence-electron chi connectivity index (χ3n) is 4.43. The predicted octanol–water partition coefficient (Wildman–Crippen LogP) is 3.34. The van der Waals surface area contributed by atoms with E-state index in [1.165, 1.54) is 11.8 Å². The third kappa shape index (κ3) is 5.17. The van der Waals surface area contributed by atoms with E-state index in [2.05, 4.69) is 20.6 Å². The van der Waals surface area contributed by atoms with E-state index in [4.69, 9.17) is 9.15 Å². The van der Waals surface area contributed by atoms with E-state index in [0.29, 0.717) is 40.0 Å². The summed E-state index contributed by atoms with van der Waals surface area (Å²) in [5.74, 6) is 0.747. The van der Waals surface area contributed by atoms with Gasteiger partial charge in [-0.15, -0.1) is 0 Å². The Morgan fingerprint density at radius 3 is 2.63 bits per heavy atom. The highest BCUT2D eigenvalue weighted by atomic mass is 32.2. The fraction of sp³-hybridized carbons (Fsp3) is 0.333. The second-order valence-corrected chi connectivity index (χ2v) is 7.79. The van der Waals surface area contributed by atoms with Crippen LogP contribution in [0.3, 0.4) is 0 Å². The first-order valence-electron chi connectivity index (χ1n) is 9.44. The molecule has 8 nitrogen and oxygen atoms in total. The van der Waals surface area contributed by atoms with E-state index in [-0.39, 0.29) is 23.6 Å². The lowest BCUT2D eigenvalue weighted by atomic mass is 10.2. The number of hydrogen-bond acceptors (Lipinski definition) is 7. The zero-order valence-electron chi connectivity index (χ0n) is 17.3. The summed E-state index contributed by atoms with van der Waals surface area (Å²) >= 11 is 1.17. The smallest absolute Gasteiger partial charge is 0.256 e. The molecule has 0 aliphatic heterocycles. The normalized spacial score (nSPS) is 12.0. The van der Waals surface area contributed by atoms with Gasteiger partial charge in [0.05, 0.1) is 17.7 Å². The lowest BCUT2D eigenvalue weighted by Crippen LogP contribution is -2.36. The highest BCUT2D eigenvalue weighted by molar-refractivity contribution is 7.99. The number of aryl methyl sites for hydroxylation is 2. The van der Waals surface area contributed by atoms with Gasteiger partial charge < -0.3 is 19.8 Å². The van der Waals surface area contributed by atoms with Gasteiger partial charge in [-0.25, -0.2) is 4.98 Å². The van der Waals surface area contributed by atoms with Gasteiger partial charge in [0.25, 0.3) is 5.91 Å². The van der Waals surface area contributed by atoms with Crippen LogP contribution in [-0.4, -0.2) is 47.3 Å². The number of anilines is 1. The average molecular weight is 429 g/mol. The van der Waals surface area contributed by atoms with Crippen molar-refractivity contribution in [2.24, 2.45) is 0 Å². The number of benzene rings is 1. The van der Waals surface area contributed by atoms with E-state index in [1.807, 2.05) is 26.8 Å². The second-order valence-electron chi connectivity index (χ2n) is 6.85. The first kappa shape index (κ1) is 21.8. The number of carbonyl (C=O) groups excluding carboxylic acids is 2. The number of thioether (sulfide) groups is 1. The molecule has 1 atom stereocenters. The highest BCUT2D eigenvalue weighted by Crippen LogP contribution is 2.31. The Bertz CT molecular complexity index is 1050. The van der Waals surface area contributed by atoms with Gasteiger partial charge in [0, 0.05) is 24.3 Å². The third-order valence-corrected chi connectivity index (χ3v) is 5.28. The molecule has 0 aliphatic carbocycles. The van der Waals surface area contributed by atoms with Crippen molar-refractivity contribution >= 4 is 40.5 Å². The van der Waals surface area contributed by atoms with E-state index < -0.39 is 0 Å². The van der Waals surface area contributed by atoms with Crippen LogP contribution in [0.2, 0.25) is 0 Å². The molecule has 3 rings (SSSR count). The molecule has 0 fully saturated rings. The van der Waals surface area contributed by atoms with Gasteiger partial charge in [-0.3, -0.25) is 9.59 Å². The van der Waals surface area contributed by atoms with Crippen LogP contribution in [0.1, 0.15) is 28.6 Å². The minimum atomic E-state index is -0.282. The first-order chi connectivity index (χ1) is 14.4. The van der Waals surface area contributed by atoms with Crippen molar-refractivity contribution < 1.29 is 18.7 Å². The molecule has 1 unspecified atom stereocenters. The van der Waals surface area contributed by atoms with E-state index >= 15 is 0 Å². The number of amides is 2. The molecule has 2 heterocycles. The lowest BCUT2D eigenvalue weighted by Gasteiger charge is -2.12. The van der Waals surface area contributed by atoms with Crippen LogP contribution >= 0.6 is 11.8 Å². The van der Waals surface area contributed by atoms with Crippen LogP contribution in [0.15, 0.2) is 39.9 Å². The number of fused-ring (bicyclic) bond motifs is 1. The fourth-order valence-corrected chi connectivity index (χ4v) is 3.54. The number of nitrogens with one attached hydrogen (secondary N) is 2. The molecule has 2 aromatic heterocycles. The van der Waals surface area contributed by atoms with Crippen LogP contribution in [0.5, 0.6) is 0 Å². The van der Waals surface area contributed by atoms with Gasteiger partial charge in [-0.05, 0) is 32.9 Å². The number of aromatic nitrogens is 2. The zero-order chi connectivity index (χ0) is 21.7. The number of carbonyl (C=O) groups is 2. The van der Waals surface area contributed by atoms with Crippen molar-refractivity contribution in [3.8, 4) is 0 Å². The summed E-state index contributed by atoms with van der Waals surface area (Å²) in [4.78, 5) is 33.7. The molecule has 0 aliphatic rings. The lowest BCUT2D eigenvalue weighted by molar-refractivity contribution is -0.119. The van der Waals surface area contributed by atoms with Crippen molar-refractivity contribution in [1.29, 1.82) is 0 Å². The highest BCUT2D eigenvalue weighted by Gasteiger charge is 2.19. The largest absolute Gasteiger partial charge is 0.443 e. The van der Waals surface area contributed by atoms with Crippen molar-refractivity contribution in [2.75, 3.05) is 24.8 Å². The van der Waals surface area contributed by atoms with Crippen LogP contribution in [-0.2, 0) is 9.53 Å². The number of nitrogens with zero attached hydrogens (tertiary/aromatic N) is 2. The molecule has 0 radical (unpaired) electrons. The number of methoxy groups -OCH3 is 1. The molecule has 1 aromatic carbocycles. The molecule has 2 N–H and O–H groups in total. The average Bonchev–Trinajstić information content (AvgIpc) is 3.01. The fourth-order valence-electron chi connectivity index (χ4n) is 2.89. The molecule has 30 heavy (non-hydrogen) atoms. The molecule has 9 heteroatoms. The minimum Gasteiger partial charge on any atom is -0.443 e. The molecule has 2 amide bonds. The number of furan rings is 1. The van der Waals surface area contributed by atoms with Crippen LogP contribution in [0, 0.1) is 13.8 Å². The molecule has 0 saturated heterocycles. The van der Waals surface area contributed by atoms with Crippen LogP contribution in [0.4, 0.5) is 5.82 Å². The molecule has 0 saturated carbocycles. The summed E-state index contributed by atoms with van der Waals surface area (Å²) in [5, 5.41) is 6.68. The summed E-state index contributed by atoms with van der Waals surface area (Å²) in [6, 6.07) is 8.79. The van der Waals surface area contributed by atoms with Crippen molar-refractivity contribution in [1.82, 2.24) is 15.3 Å². The maximum atomic E-state index is 12.7. The summed E-state index contributed by atoms with van der Waals surface area (Å²) in [7, 11) is 1.58. The summed E-state index contributed by atoms with van der Waals surface area (Å²) in [6.07, 6.45) is 0. The molecular formula is C21H24N4O4S. The second kappa shape index (κ2) is 9.73. The maximum absolute atomic E-state index is 12.7. The molecule has 158 valence electrons. The molecular weight excluding hydrogens is 404 g/mol. The van der Waals surface area contributed by atoms with E-state index in [1.54, 1.807) is 31.4 Å². The van der Waals surface area contributed by atoms with Gasteiger partial charge in [0.2, 0.25) is 11.6 Å². The maximum Gasteiger partial charge on any atom is 0.256 e. The van der Waals surface area contributed by atoms with Gasteiger partial charge in [-0.1, -0.05) is 30.0 Å². The SMILES string of the molecule is COCC(C)NC(=O)CSc1nc(NC(=O)c2ccccc2)c2c(C)c(C)oc2n1. The van der Waals surface area contributed by atoms with Gasteiger partial charge in [0.15, 0.2) is 5.16 Å². The van der Waals surface area contributed by atoms with Gasteiger partial charge in [0.1, 0.15) is 11.6 Å². The Morgan fingerprint density at radius 1 is 1.20 bits per heavy atom. The van der Waals surface area contributed by atoms with Crippen molar-refractivity contribution in [3.05, 3.63) is 47.2 Å². The zero-order valence-corrected chi connectivity index (χ0v) is 18.1. The van der Waals surface area contributed by atoms with Crippen molar-refractivity contribution in [2.45, 2.75) is 32.0 Å². The van der Waals surface area contributed by atoms with Gasteiger partial charge >= 0.3 is 0 Å². The summed E-state index contributed by atoms with van der Waals surface area (Å²) in [5.41, 5.74) is 1.75. The molecule has 3 aromatic rings. The quantitative estimate of drug-likeness (QED) is 0.419. The Labute approximate surface area is 178 Å². The Kier molecular flexibility index (Phi) is 7.07. The minimum absolute atomic E-state index is 0.0948. The van der Waals surface area contributed by atoms with Crippen LogP contribution in [0.25, 0.3) is 11.1 Å². The standard InChI is InChI=1S/C21H24N4O4S/c1-12(10-28-4)22-16(26)11-30-21-24-18(17-13(2)14(3)29-20(17)25-21)23-19(27)15-8-6-5-7-9-15/h5-9,12H,10-11H2,1-4H3,(H,22,26)(H,23,24,25,27). The Morgan fingerprint density at radius 2 is 1.93 bits per heavy atom. The molecule has 0 bridgehead atoms. The van der Waals surface area contributed by atoms with Gasteiger partial charge in [-0.2, -0.15) is 4.98 Å². The number of hydrogen-bond donors (Lipinski definition) is 2. The Balaban J connectivity index is 1.83. The van der Waals surface area contributed by atoms with E-state index in [9.17, 15) is 9.59 Å².